The Labute approximate surface area is 131 Å². The molecule has 0 radical (unpaired) electrons. The van der Waals surface area contributed by atoms with Crippen LogP contribution in [0.25, 0.3) is 0 Å². The van der Waals surface area contributed by atoms with Crippen molar-refractivity contribution in [1.29, 1.82) is 0 Å². The zero-order valence-corrected chi connectivity index (χ0v) is 13.6. The summed E-state index contributed by atoms with van der Waals surface area (Å²) in [4.78, 5) is 11.9. The minimum atomic E-state index is -0.490. The highest BCUT2D eigenvalue weighted by Crippen LogP contribution is 2.31. The molecular formula is C16H23ClN2O2. The number of hydrogen-bond acceptors (Lipinski definition) is 3. The molecule has 1 fully saturated rings. The van der Waals surface area contributed by atoms with Crippen LogP contribution in [0.15, 0.2) is 24.3 Å². The lowest BCUT2D eigenvalue weighted by Crippen LogP contribution is -2.48. The Kier molecular flexibility index (Phi) is 4.79. The van der Waals surface area contributed by atoms with Crippen molar-refractivity contribution in [2.75, 3.05) is 13.1 Å². The summed E-state index contributed by atoms with van der Waals surface area (Å²) in [5, 5.41) is 7.08. The Morgan fingerprint density at radius 3 is 2.81 bits per heavy atom. The van der Waals surface area contributed by atoms with Crippen molar-refractivity contribution >= 4 is 17.7 Å². The van der Waals surface area contributed by atoms with Gasteiger partial charge in [0.1, 0.15) is 5.60 Å². The molecule has 1 heterocycles. The molecule has 21 heavy (non-hydrogen) atoms. The third kappa shape index (κ3) is 4.35. The van der Waals surface area contributed by atoms with Gasteiger partial charge < -0.3 is 15.4 Å². The summed E-state index contributed by atoms with van der Waals surface area (Å²) in [5.74, 6) is 0. The molecule has 4 nitrogen and oxygen atoms in total. The van der Waals surface area contributed by atoms with Crippen LogP contribution in [-0.2, 0) is 10.3 Å². The molecule has 5 heteroatoms. The molecule has 1 aliphatic rings. The first-order chi connectivity index (χ1) is 9.81. The first-order valence-corrected chi connectivity index (χ1v) is 7.66. The molecule has 0 spiro atoms. The van der Waals surface area contributed by atoms with Gasteiger partial charge in [-0.15, -0.1) is 0 Å². The van der Waals surface area contributed by atoms with Gasteiger partial charge in [0, 0.05) is 11.6 Å². The Bertz CT molecular complexity index is 505. The molecule has 1 saturated heterocycles. The highest BCUT2D eigenvalue weighted by molar-refractivity contribution is 6.30. The maximum Gasteiger partial charge on any atom is 0.407 e. The standard InChI is InChI=1S/C16H23ClN2O2/c1-15(2,3)21-14(20)18-11-16(8-5-9-19-16)12-6-4-7-13(17)10-12/h4,6-7,10,19H,5,8-9,11H2,1-3H3,(H,18,20). The molecule has 0 aliphatic carbocycles. The van der Waals surface area contributed by atoms with E-state index >= 15 is 0 Å². The largest absolute Gasteiger partial charge is 0.444 e. The molecule has 0 saturated carbocycles. The molecule has 1 aromatic rings. The second-order valence-electron chi connectivity index (χ2n) is 6.48. The van der Waals surface area contributed by atoms with Gasteiger partial charge in [-0.05, 0) is 57.9 Å². The summed E-state index contributed by atoms with van der Waals surface area (Å²) in [5.41, 5.74) is 0.349. The molecule has 2 rings (SSSR count). The first kappa shape index (κ1) is 16.1. The van der Waals surface area contributed by atoms with E-state index in [1.54, 1.807) is 0 Å². The molecule has 1 aromatic carbocycles. The third-order valence-electron chi connectivity index (χ3n) is 3.55. The summed E-state index contributed by atoms with van der Waals surface area (Å²) < 4.78 is 5.30. The van der Waals surface area contributed by atoms with Crippen LogP contribution in [0.4, 0.5) is 4.79 Å². The van der Waals surface area contributed by atoms with Crippen molar-refractivity contribution in [2.45, 2.75) is 44.8 Å². The molecule has 1 atom stereocenters. The number of carbonyl (C=O) groups excluding carboxylic acids is 1. The lowest BCUT2D eigenvalue weighted by molar-refractivity contribution is 0.0511. The Balaban J connectivity index is 2.08. The Hall–Kier alpha value is -1.26. The van der Waals surface area contributed by atoms with Crippen molar-refractivity contribution in [1.82, 2.24) is 10.6 Å². The normalized spacial score (nSPS) is 22.1. The monoisotopic (exact) mass is 310 g/mol. The van der Waals surface area contributed by atoms with E-state index in [0.29, 0.717) is 11.6 Å². The molecule has 0 aromatic heterocycles. The number of amides is 1. The van der Waals surface area contributed by atoms with Gasteiger partial charge in [-0.2, -0.15) is 0 Å². The second kappa shape index (κ2) is 6.24. The van der Waals surface area contributed by atoms with Gasteiger partial charge in [-0.25, -0.2) is 4.79 Å². The van der Waals surface area contributed by atoms with Gasteiger partial charge in [0.15, 0.2) is 0 Å². The van der Waals surface area contributed by atoms with Gasteiger partial charge in [0.05, 0.1) is 5.54 Å². The van der Waals surface area contributed by atoms with E-state index in [2.05, 4.69) is 10.6 Å². The SMILES string of the molecule is CC(C)(C)OC(=O)NCC1(c2cccc(Cl)c2)CCCN1. The average Bonchev–Trinajstić information content (AvgIpc) is 2.84. The number of nitrogens with one attached hydrogen (secondary N) is 2. The second-order valence-corrected chi connectivity index (χ2v) is 6.91. The van der Waals surface area contributed by atoms with Crippen molar-refractivity contribution in [3.8, 4) is 0 Å². The number of benzene rings is 1. The van der Waals surface area contributed by atoms with Crippen molar-refractivity contribution < 1.29 is 9.53 Å². The fraction of sp³-hybridized carbons (Fsp3) is 0.562. The van der Waals surface area contributed by atoms with Gasteiger partial charge in [-0.1, -0.05) is 23.7 Å². The van der Waals surface area contributed by atoms with Crippen LogP contribution in [0.2, 0.25) is 5.02 Å². The van der Waals surface area contributed by atoms with Crippen LogP contribution in [0.1, 0.15) is 39.2 Å². The van der Waals surface area contributed by atoms with Crippen LogP contribution < -0.4 is 10.6 Å². The number of hydrogen-bond donors (Lipinski definition) is 2. The van der Waals surface area contributed by atoms with Crippen molar-refractivity contribution in [2.24, 2.45) is 0 Å². The van der Waals surface area contributed by atoms with Crippen LogP contribution in [0.3, 0.4) is 0 Å². The van der Waals surface area contributed by atoms with Gasteiger partial charge in [0.25, 0.3) is 0 Å². The minimum Gasteiger partial charge on any atom is -0.444 e. The highest BCUT2D eigenvalue weighted by Gasteiger charge is 2.36. The summed E-state index contributed by atoms with van der Waals surface area (Å²) in [6.07, 6.45) is 1.64. The minimum absolute atomic E-state index is 0.262. The highest BCUT2D eigenvalue weighted by atomic mass is 35.5. The smallest absolute Gasteiger partial charge is 0.407 e. The average molecular weight is 311 g/mol. The summed E-state index contributed by atoms with van der Waals surface area (Å²) in [6.45, 7) is 6.98. The van der Waals surface area contributed by atoms with Crippen LogP contribution in [-0.4, -0.2) is 24.8 Å². The number of rotatable bonds is 3. The molecule has 1 unspecified atom stereocenters. The molecule has 116 valence electrons. The van der Waals surface area contributed by atoms with Crippen LogP contribution >= 0.6 is 11.6 Å². The predicted octanol–water partition coefficient (Wildman–Crippen LogP) is 3.44. The molecule has 0 bridgehead atoms. The third-order valence-corrected chi connectivity index (χ3v) is 3.79. The lowest BCUT2D eigenvalue weighted by Gasteiger charge is -2.31. The molecule has 1 amide bonds. The zero-order chi connectivity index (χ0) is 15.5. The van der Waals surface area contributed by atoms with Crippen LogP contribution in [0.5, 0.6) is 0 Å². The quantitative estimate of drug-likeness (QED) is 0.899. The Morgan fingerprint density at radius 2 is 2.24 bits per heavy atom. The van der Waals surface area contributed by atoms with E-state index in [0.717, 1.165) is 24.9 Å². The van der Waals surface area contributed by atoms with E-state index in [1.807, 2.05) is 45.0 Å². The van der Waals surface area contributed by atoms with E-state index in [4.69, 9.17) is 16.3 Å². The van der Waals surface area contributed by atoms with E-state index in [1.165, 1.54) is 0 Å². The summed E-state index contributed by atoms with van der Waals surface area (Å²) in [7, 11) is 0. The van der Waals surface area contributed by atoms with E-state index in [-0.39, 0.29) is 5.54 Å². The topological polar surface area (TPSA) is 50.4 Å². The van der Waals surface area contributed by atoms with E-state index < -0.39 is 11.7 Å². The van der Waals surface area contributed by atoms with E-state index in [9.17, 15) is 4.79 Å². The summed E-state index contributed by atoms with van der Waals surface area (Å²) in [6, 6.07) is 7.79. The van der Waals surface area contributed by atoms with Crippen molar-refractivity contribution in [3.05, 3.63) is 34.9 Å². The molecule has 2 N–H and O–H groups in total. The first-order valence-electron chi connectivity index (χ1n) is 7.29. The fourth-order valence-corrected chi connectivity index (χ4v) is 2.82. The lowest BCUT2D eigenvalue weighted by atomic mass is 9.88. The van der Waals surface area contributed by atoms with Crippen LogP contribution in [0, 0.1) is 0 Å². The van der Waals surface area contributed by atoms with Gasteiger partial charge in [0.2, 0.25) is 0 Å². The van der Waals surface area contributed by atoms with Crippen molar-refractivity contribution in [3.63, 3.8) is 0 Å². The molecule has 1 aliphatic heterocycles. The number of alkyl carbamates (subject to hydrolysis) is 1. The number of carbonyl (C=O) groups is 1. The molecular weight excluding hydrogens is 288 g/mol. The summed E-state index contributed by atoms with van der Waals surface area (Å²) >= 11 is 6.10. The Morgan fingerprint density at radius 1 is 1.48 bits per heavy atom. The maximum atomic E-state index is 11.9. The predicted molar refractivity (Wildman–Crippen MR) is 84.6 cm³/mol. The number of ether oxygens (including phenoxy) is 1. The van der Waals surface area contributed by atoms with Gasteiger partial charge in [-0.3, -0.25) is 0 Å². The number of halogens is 1. The zero-order valence-electron chi connectivity index (χ0n) is 12.8. The fourth-order valence-electron chi connectivity index (χ4n) is 2.63. The maximum absolute atomic E-state index is 11.9. The van der Waals surface area contributed by atoms with Gasteiger partial charge >= 0.3 is 6.09 Å².